The van der Waals surface area contributed by atoms with Crippen molar-refractivity contribution in [2.45, 2.75) is 13.1 Å². The van der Waals surface area contributed by atoms with Gasteiger partial charge in [-0.2, -0.15) is 0 Å². The van der Waals surface area contributed by atoms with Gasteiger partial charge in [-0.3, -0.25) is 0 Å². The molecule has 0 saturated heterocycles. The summed E-state index contributed by atoms with van der Waals surface area (Å²) in [4.78, 5) is 7.43. The second-order valence-electron chi connectivity index (χ2n) is 4.78. The van der Waals surface area contributed by atoms with Gasteiger partial charge in [0.15, 0.2) is 0 Å². The first kappa shape index (κ1) is 13.9. The highest BCUT2D eigenvalue weighted by atomic mass is 35.5. The number of fused-ring (bicyclic) bond motifs is 1. The third kappa shape index (κ3) is 3.01. The Morgan fingerprint density at radius 3 is 2.95 bits per heavy atom. The number of benzene rings is 1. The fraction of sp³-hybridized carbons (Fsp3) is 0.188. The smallest absolute Gasteiger partial charge is 0.217 e. The lowest BCUT2D eigenvalue weighted by atomic mass is 10.1. The predicted octanol–water partition coefficient (Wildman–Crippen LogP) is 3.51. The van der Waals surface area contributed by atoms with Crippen LogP contribution in [0.5, 0.6) is 5.88 Å². The van der Waals surface area contributed by atoms with E-state index in [4.69, 9.17) is 16.3 Å². The zero-order valence-corrected chi connectivity index (χ0v) is 12.4. The molecular formula is C16H16ClN3O. The minimum absolute atomic E-state index is 0.663. The molecule has 0 atom stereocenters. The minimum Gasteiger partial charge on any atom is -0.481 e. The minimum atomic E-state index is 0.663. The van der Waals surface area contributed by atoms with Crippen LogP contribution in [0.1, 0.15) is 11.1 Å². The number of pyridine rings is 1. The normalized spacial score (nSPS) is 11.0. The van der Waals surface area contributed by atoms with Crippen LogP contribution in [0, 0.1) is 0 Å². The van der Waals surface area contributed by atoms with E-state index >= 15 is 0 Å². The van der Waals surface area contributed by atoms with Gasteiger partial charge in [0.05, 0.1) is 7.11 Å². The van der Waals surface area contributed by atoms with Crippen molar-refractivity contribution in [3.8, 4) is 5.88 Å². The zero-order chi connectivity index (χ0) is 14.7. The van der Waals surface area contributed by atoms with Crippen molar-refractivity contribution < 1.29 is 4.74 Å². The van der Waals surface area contributed by atoms with Gasteiger partial charge in [-0.15, -0.1) is 0 Å². The van der Waals surface area contributed by atoms with E-state index in [9.17, 15) is 0 Å². The highest BCUT2D eigenvalue weighted by molar-refractivity contribution is 6.31. The Balaban J connectivity index is 1.69. The predicted molar refractivity (Wildman–Crippen MR) is 84.6 cm³/mol. The number of hydrogen-bond donors (Lipinski definition) is 2. The average Bonchev–Trinajstić information content (AvgIpc) is 2.90. The van der Waals surface area contributed by atoms with Gasteiger partial charge in [-0.25, -0.2) is 4.98 Å². The first-order valence-corrected chi connectivity index (χ1v) is 7.10. The Bertz CT molecular complexity index is 754. The SMILES string of the molecule is COc1ncccc1CNCc1c[nH]c2cc(Cl)ccc12. The van der Waals surface area contributed by atoms with Crippen LogP contribution in [-0.4, -0.2) is 17.1 Å². The number of halogens is 1. The van der Waals surface area contributed by atoms with Crippen molar-refractivity contribution in [3.63, 3.8) is 0 Å². The highest BCUT2D eigenvalue weighted by Crippen LogP contribution is 2.22. The molecule has 0 amide bonds. The molecule has 108 valence electrons. The lowest BCUT2D eigenvalue weighted by molar-refractivity contribution is 0.390. The molecule has 5 heteroatoms. The van der Waals surface area contributed by atoms with Crippen LogP contribution in [0.4, 0.5) is 0 Å². The van der Waals surface area contributed by atoms with E-state index in [1.165, 1.54) is 10.9 Å². The van der Waals surface area contributed by atoms with Gasteiger partial charge in [-0.05, 0) is 23.8 Å². The summed E-state index contributed by atoms with van der Waals surface area (Å²) in [5.74, 6) is 0.663. The fourth-order valence-corrected chi connectivity index (χ4v) is 2.55. The summed E-state index contributed by atoms with van der Waals surface area (Å²) in [5, 5.41) is 5.34. The van der Waals surface area contributed by atoms with Crippen LogP contribution in [-0.2, 0) is 13.1 Å². The maximum atomic E-state index is 5.99. The van der Waals surface area contributed by atoms with Crippen LogP contribution in [0.2, 0.25) is 5.02 Å². The van der Waals surface area contributed by atoms with Crippen molar-refractivity contribution >= 4 is 22.5 Å². The Morgan fingerprint density at radius 1 is 1.24 bits per heavy atom. The van der Waals surface area contributed by atoms with E-state index in [0.29, 0.717) is 12.4 Å². The number of rotatable bonds is 5. The summed E-state index contributed by atoms with van der Waals surface area (Å²) in [6, 6.07) is 9.80. The second-order valence-corrected chi connectivity index (χ2v) is 5.22. The fourth-order valence-electron chi connectivity index (χ4n) is 2.38. The van der Waals surface area contributed by atoms with E-state index in [-0.39, 0.29) is 0 Å². The maximum Gasteiger partial charge on any atom is 0.217 e. The van der Waals surface area contributed by atoms with Crippen LogP contribution >= 0.6 is 11.6 Å². The number of aromatic nitrogens is 2. The largest absolute Gasteiger partial charge is 0.481 e. The molecule has 2 aromatic heterocycles. The zero-order valence-electron chi connectivity index (χ0n) is 11.7. The molecule has 0 fully saturated rings. The van der Waals surface area contributed by atoms with E-state index in [0.717, 1.165) is 22.6 Å². The van der Waals surface area contributed by atoms with Crippen LogP contribution in [0.15, 0.2) is 42.7 Å². The molecule has 0 spiro atoms. The second kappa shape index (κ2) is 6.16. The molecule has 1 aromatic carbocycles. The topological polar surface area (TPSA) is 49.9 Å². The molecule has 0 aliphatic heterocycles. The van der Waals surface area contributed by atoms with Crippen LogP contribution < -0.4 is 10.1 Å². The number of nitrogens with one attached hydrogen (secondary N) is 2. The summed E-state index contributed by atoms with van der Waals surface area (Å²) in [6.45, 7) is 1.47. The first-order chi connectivity index (χ1) is 10.3. The lowest BCUT2D eigenvalue weighted by Crippen LogP contribution is -2.13. The van der Waals surface area contributed by atoms with Gasteiger partial charge < -0.3 is 15.0 Å². The number of hydrogen-bond acceptors (Lipinski definition) is 3. The van der Waals surface area contributed by atoms with E-state index in [1.54, 1.807) is 13.3 Å². The molecule has 3 rings (SSSR count). The van der Waals surface area contributed by atoms with Gasteiger partial charge in [0.25, 0.3) is 0 Å². The summed E-state index contributed by atoms with van der Waals surface area (Å²) >= 11 is 5.99. The number of nitrogens with zero attached hydrogens (tertiary/aromatic N) is 1. The quantitative estimate of drug-likeness (QED) is 0.758. The number of H-pyrrole nitrogens is 1. The third-order valence-electron chi connectivity index (χ3n) is 3.40. The Kier molecular flexibility index (Phi) is 4.08. The average molecular weight is 302 g/mol. The van der Waals surface area contributed by atoms with E-state index < -0.39 is 0 Å². The van der Waals surface area contributed by atoms with Crippen molar-refractivity contribution in [2.24, 2.45) is 0 Å². The molecule has 0 bridgehead atoms. The molecular weight excluding hydrogens is 286 g/mol. The highest BCUT2D eigenvalue weighted by Gasteiger charge is 2.06. The van der Waals surface area contributed by atoms with E-state index in [2.05, 4.69) is 15.3 Å². The number of ether oxygens (including phenoxy) is 1. The van der Waals surface area contributed by atoms with Gasteiger partial charge in [0.2, 0.25) is 5.88 Å². The summed E-state index contributed by atoms with van der Waals surface area (Å²) in [6.07, 6.45) is 3.74. The Hall–Kier alpha value is -2.04. The summed E-state index contributed by atoms with van der Waals surface area (Å²) < 4.78 is 5.24. The van der Waals surface area contributed by atoms with Crippen molar-refractivity contribution in [3.05, 3.63) is 58.9 Å². The Labute approximate surface area is 128 Å². The molecule has 0 aliphatic carbocycles. The van der Waals surface area contributed by atoms with Crippen molar-refractivity contribution in [1.29, 1.82) is 0 Å². The van der Waals surface area contributed by atoms with Gasteiger partial charge in [0.1, 0.15) is 0 Å². The number of methoxy groups -OCH3 is 1. The monoisotopic (exact) mass is 301 g/mol. The molecule has 2 N–H and O–H groups in total. The molecule has 0 unspecified atom stereocenters. The Morgan fingerprint density at radius 2 is 2.10 bits per heavy atom. The van der Waals surface area contributed by atoms with Gasteiger partial charge in [-0.1, -0.05) is 23.7 Å². The van der Waals surface area contributed by atoms with Gasteiger partial charge >= 0.3 is 0 Å². The van der Waals surface area contributed by atoms with Crippen molar-refractivity contribution in [2.75, 3.05) is 7.11 Å². The molecule has 0 radical (unpaired) electrons. The third-order valence-corrected chi connectivity index (χ3v) is 3.64. The van der Waals surface area contributed by atoms with Gasteiger partial charge in [0, 0.05) is 47.0 Å². The standard InChI is InChI=1S/C16H16ClN3O/c1-21-16-11(3-2-6-19-16)8-18-9-12-10-20-15-7-13(17)4-5-14(12)15/h2-7,10,18,20H,8-9H2,1H3. The molecule has 3 aromatic rings. The summed E-state index contributed by atoms with van der Waals surface area (Å²) in [7, 11) is 1.63. The van der Waals surface area contributed by atoms with E-state index in [1.807, 2.05) is 36.5 Å². The lowest BCUT2D eigenvalue weighted by Gasteiger charge is -2.08. The number of aromatic amines is 1. The molecule has 0 aliphatic rings. The first-order valence-electron chi connectivity index (χ1n) is 6.72. The van der Waals surface area contributed by atoms with Crippen LogP contribution in [0.3, 0.4) is 0 Å². The summed E-state index contributed by atoms with van der Waals surface area (Å²) in [5.41, 5.74) is 3.31. The van der Waals surface area contributed by atoms with Crippen molar-refractivity contribution in [1.82, 2.24) is 15.3 Å². The molecule has 4 nitrogen and oxygen atoms in total. The molecule has 21 heavy (non-hydrogen) atoms. The van der Waals surface area contributed by atoms with Crippen LogP contribution in [0.25, 0.3) is 10.9 Å². The molecule has 0 saturated carbocycles. The molecule has 2 heterocycles. The maximum absolute atomic E-state index is 5.99.